The van der Waals surface area contributed by atoms with E-state index in [1.807, 2.05) is 0 Å². The van der Waals surface area contributed by atoms with Crippen molar-refractivity contribution in [2.24, 2.45) is 10.8 Å². The number of carbonyl (C=O) groups is 4. The number of Topliss-reactive ketones (excluding diaryl/α,β-unsaturated/α-hetero) is 4. The number of aromatic hydroxyl groups is 3. The predicted molar refractivity (Wildman–Crippen MR) is 166 cm³/mol. The van der Waals surface area contributed by atoms with Crippen molar-refractivity contribution in [3.05, 3.63) is 62.0 Å². The Morgan fingerprint density at radius 3 is 1.70 bits per heavy atom. The van der Waals surface area contributed by atoms with Crippen molar-refractivity contribution in [2.45, 2.75) is 93.1 Å². The Hall–Kier alpha value is -4.58. The molecule has 0 aromatic heterocycles. The lowest BCUT2D eigenvalue weighted by molar-refractivity contribution is -0.127. The van der Waals surface area contributed by atoms with Crippen molar-refractivity contribution >= 4 is 23.1 Å². The molecule has 0 saturated heterocycles. The maximum atomic E-state index is 13.2. The van der Waals surface area contributed by atoms with Crippen LogP contribution in [0.3, 0.4) is 0 Å². The first-order chi connectivity index (χ1) is 21.2. The number of hydrogen-bond donors (Lipinski definition) is 8. The Kier molecular flexibility index (Phi) is 9.88. The van der Waals surface area contributed by atoms with Gasteiger partial charge in [0.15, 0.2) is 23.1 Å². The molecule has 0 radical (unpaired) electrons. The predicted octanol–water partition coefficient (Wildman–Crippen LogP) is 5.09. The van der Waals surface area contributed by atoms with E-state index in [-0.39, 0.29) is 24.8 Å². The van der Waals surface area contributed by atoms with Gasteiger partial charge in [-0.15, -0.1) is 0 Å². The zero-order chi connectivity index (χ0) is 35.2. The first kappa shape index (κ1) is 35.9. The fourth-order valence-corrected chi connectivity index (χ4v) is 5.85. The van der Waals surface area contributed by atoms with E-state index in [0.29, 0.717) is 6.42 Å². The molecule has 0 spiro atoms. The van der Waals surface area contributed by atoms with Gasteiger partial charge in [-0.2, -0.15) is 0 Å². The van der Waals surface area contributed by atoms with Crippen LogP contribution in [0.1, 0.15) is 95.6 Å². The Morgan fingerprint density at radius 2 is 1.20 bits per heavy atom. The number of rotatable bonds is 11. The first-order valence-electron chi connectivity index (χ1n) is 15.1. The molecule has 0 fully saturated rings. The molecule has 8 N–H and O–H groups in total. The van der Waals surface area contributed by atoms with E-state index >= 15 is 0 Å². The standard InChI is InChI=1S/C34H42O12/c1-8-11-20(37)21-25(39)14(12-16-27(41)22(18(35)9-2)31(45)33(4,5)29(16)43)24(38)15(26(21)40)13-17-28(42)23(19(36)10-3)32(46)34(6,7)30(17)44/h27,38-45H,8-13H2,1-7H3/t27-/m0/s1. The summed E-state index contributed by atoms with van der Waals surface area (Å²) in [5.74, 6) is -8.26. The molecule has 0 heterocycles. The fourth-order valence-electron chi connectivity index (χ4n) is 5.85. The summed E-state index contributed by atoms with van der Waals surface area (Å²) in [4.78, 5) is 51.6. The van der Waals surface area contributed by atoms with Crippen LogP contribution in [0.15, 0.2) is 45.3 Å². The van der Waals surface area contributed by atoms with Gasteiger partial charge in [-0.05, 0) is 34.1 Å². The van der Waals surface area contributed by atoms with Crippen LogP contribution in [0, 0.1) is 10.8 Å². The molecule has 1 aromatic carbocycles. The second-order valence-corrected chi connectivity index (χ2v) is 12.6. The number of phenolic OH excluding ortho intramolecular Hbond substituents is 3. The number of benzene rings is 1. The normalized spacial score (nSPS) is 19.7. The van der Waals surface area contributed by atoms with Gasteiger partial charge in [0, 0.05) is 54.4 Å². The number of aliphatic hydroxyl groups is 5. The number of hydrogen-bond acceptors (Lipinski definition) is 12. The third-order valence-corrected chi connectivity index (χ3v) is 8.86. The number of ketones is 4. The van der Waals surface area contributed by atoms with Crippen LogP contribution in [0.25, 0.3) is 0 Å². The topological polar surface area (TPSA) is 230 Å². The summed E-state index contributed by atoms with van der Waals surface area (Å²) in [5.41, 5.74) is -6.51. The zero-order valence-electron chi connectivity index (χ0n) is 27.0. The van der Waals surface area contributed by atoms with E-state index in [2.05, 4.69) is 0 Å². The van der Waals surface area contributed by atoms with Crippen LogP contribution < -0.4 is 0 Å². The van der Waals surface area contributed by atoms with Gasteiger partial charge in [0.05, 0.1) is 16.4 Å². The lowest BCUT2D eigenvalue weighted by Gasteiger charge is -2.35. The Bertz CT molecular complexity index is 1660. The van der Waals surface area contributed by atoms with Crippen LogP contribution in [-0.2, 0) is 27.2 Å². The Morgan fingerprint density at radius 1 is 0.674 bits per heavy atom. The Labute approximate surface area is 266 Å². The molecular weight excluding hydrogens is 600 g/mol. The summed E-state index contributed by atoms with van der Waals surface area (Å²) in [6.07, 6.45) is -3.41. The summed E-state index contributed by atoms with van der Waals surface area (Å²) in [5, 5.41) is 89.3. The molecule has 2 aliphatic rings. The monoisotopic (exact) mass is 642 g/mol. The Balaban J connectivity index is 2.37. The largest absolute Gasteiger partial charge is 0.511 e. The smallest absolute Gasteiger partial charge is 0.183 e. The van der Waals surface area contributed by atoms with Gasteiger partial charge >= 0.3 is 0 Å². The molecule has 46 heavy (non-hydrogen) atoms. The zero-order valence-corrected chi connectivity index (χ0v) is 27.0. The van der Waals surface area contributed by atoms with Crippen molar-refractivity contribution < 1.29 is 60.0 Å². The minimum atomic E-state index is -1.88. The first-order valence-corrected chi connectivity index (χ1v) is 15.1. The van der Waals surface area contributed by atoms with E-state index in [1.165, 1.54) is 41.5 Å². The highest BCUT2D eigenvalue weighted by atomic mass is 16.3. The van der Waals surface area contributed by atoms with Gasteiger partial charge in [-0.1, -0.05) is 20.8 Å². The second-order valence-electron chi connectivity index (χ2n) is 12.6. The molecule has 0 saturated carbocycles. The van der Waals surface area contributed by atoms with Gasteiger partial charge < -0.3 is 40.9 Å². The summed E-state index contributed by atoms with van der Waals surface area (Å²) in [6, 6.07) is 0. The van der Waals surface area contributed by atoms with Gasteiger partial charge in [-0.3, -0.25) is 19.2 Å². The second kappa shape index (κ2) is 12.7. The minimum Gasteiger partial charge on any atom is -0.511 e. The molecule has 1 atom stereocenters. The summed E-state index contributed by atoms with van der Waals surface area (Å²) < 4.78 is 0. The van der Waals surface area contributed by atoms with Crippen LogP contribution >= 0.6 is 0 Å². The highest BCUT2D eigenvalue weighted by molar-refractivity contribution is 6.24. The van der Waals surface area contributed by atoms with Crippen molar-refractivity contribution in [3.63, 3.8) is 0 Å². The van der Waals surface area contributed by atoms with Crippen LogP contribution in [-0.4, -0.2) is 70.1 Å². The van der Waals surface area contributed by atoms with Crippen LogP contribution in [0.4, 0.5) is 0 Å². The average molecular weight is 643 g/mol. The number of phenols is 3. The summed E-state index contributed by atoms with van der Waals surface area (Å²) in [7, 11) is 0. The van der Waals surface area contributed by atoms with Crippen LogP contribution in [0.2, 0.25) is 0 Å². The molecular formula is C34H42O12. The fraction of sp³-hybridized carbons (Fsp3) is 0.471. The maximum Gasteiger partial charge on any atom is 0.183 e. The lowest BCUT2D eigenvalue weighted by atomic mass is 9.72. The van der Waals surface area contributed by atoms with Crippen molar-refractivity contribution in [2.75, 3.05) is 0 Å². The highest BCUT2D eigenvalue weighted by Gasteiger charge is 2.46. The molecule has 0 aliphatic heterocycles. The van der Waals surface area contributed by atoms with E-state index in [9.17, 15) is 60.0 Å². The third kappa shape index (κ3) is 5.55. The van der Waals surface area contributed by atoms with E-state index in [4.69, 9.17) is 0 Å². The third-order valence-electron chi connectivity index (χ3n) is 8.86. The van der Waals surface area contributed by atoms with Gasteiger partial charge in [0.1, 0.15) is 57.5 Å². The molecule has 3 rings (SSSR count). The highest BCUT2D eigenvalue weighted by Crippen LogP contribution is 2.50. The number of aliphatic hydroxyl groups excluding tert-OH is 5. The minimum absolute atomic E-state index is 0.104. The molecule has 0 amide bonds. The molecule has 1 aromatic rings. The molecule has 2 aliphatic carbocycles. The lowest BCUT2D eigenvalue weighted by Crippen LogP contribution is -2.36. The summed E-state index contributed by atoms with van der Waals surface area (Å²) in [6.45, 7) is 10.0. The maximum absolute atomic E-state index is 13.2. The van der Waals surface area contributed by atoms with Crippen molar-refractivity contribution in [1.29, 1.82) is 0 Å². The summed E-state index contributed by atoms with van der Waals surface area (Å²) >= 11 is 0. The SMILES string of the molecule is CCCC(=O)c1c(O)c(CC2=C(O)C(C)(C)C(=O)C(C(=O)CC)=C2O)c(O)c(CC2=C(O)C(C)(C)C(O)=C(C(=O)CC)[C@H]2O)c1O. The molecule has 0 unspecified atom stereocenters. The molecule has 250 valence electrons. The van der Waals surface area contributed by atoms with Gasteiger partial charge in [0.25, 0.3) is 0 Å². The molecule has 0 bridgehead atoms. The molecule has 12 nitrogen and oxygen atoms in total. The quantitative estimate of drug-likeness (QED) is 0.117. The van der Waals surface area contributed by atoms with Crippen LogP contribution in [0.5, 0.6) is 17.2 Å². The molecule has 12 heteroatoms. The van der Waals surface area contributed by atoms with Gasteiger partial charge in [-0.25, -0.2) is 0 Å². The number of allylic oxidation sites excluding steroid dienone is 3. The van der Waals surface area contributed by atoms with E-state index in [0.717, 1.165) is 0 Å². The van der Waals surface area contributed by atoms with Crippen molar-refractivity contribution in [3.8, 4) is 17.2 Å². The average Bonchev–Trinajstić information content (AvgIpc) is 2.99. The van der Waals surface area contributed by atoms with Crippen molar-refractivity contribution in [1.82, 2.24) is 0 Å². The van der Waals surface area contributed by atoms with E-state index < -0.39 is 127 Å². The van der Waals surface area contributed by atoms with E-state index in [1.54, 1.807) is 6.92 Å². The van der Waals surface area contributed by atoms with Gasteiger partial charge in [0.2, 0.25) is 0 Å². The number of carbonyl (C=O) groups excluding carboxylic acids is 4.